The number of carbonyl (C=O) groups excluding carboxylic acids is 1. The molecule has 0 spiro atoms. The molecule has 21 heavy (non-hydrogen) atoms. The number of aryl methyl sites for hydroxylation is 1. The first-order chi connectivity index (χ1) is 10.3. The summed E-state index contributed by atoms with van der Waals surface area (Å²) in [6, 6.07) is 10.4. The van der Waals surface area contributed by atoms with E-state index in [4.69, 9.17) is 0 Å². The molecule has 1 N–H and O–H groups in total. The second-order valence-corrected chi connectivity index (χ2v) is 6.17. The number of nitrogens with one attached hydrogen (secondary N) is 1. The summed E-state index contributed by atoms with van der Waals surface area (Å²) in [7, 11) is 0. The van der Waals surface area contributed by atoms with Crippen LogP contribution >= 0.6 is 11.3 Å². The van der Waals surface area contributed by atoms with Gasteiger partial charge in [0.15, 0.2) is 5.13 Å². The number of hydrogen-bond donors (Lipinski definition) is 1. The summed E-state index contributed by atoms with van der Waals surface area (Å²) >= 11 is 1.65. The Morgan fingerprint density at radius 1 is 1.38 bits per heavy atom. The molecule has 110 valence electrons. The molecule has 0 aliphatic carbocycles. The molecule has 1 fully saturated rings. The second kappa shape index (κ2) is 6.72. The Balaban J connectivity index is 1.43. The van der Waals surface area contributed by atoms with Crippen molar-refractivity contribution >= 4 is 22.4 Å². The van der Waals surface area contributed by atoms with Crippen LogP contribution in [0.5, 0.6) is 0 Å². The van der Waals surface area contributed by atoms with E-state index in [0.717, 1.165) is 31.1 Å². The van der Waals surface area contributed by atoms with Gasteiger partial charge in [-0.25, -0.2) is 4.98 Å². The van der Waals surface area contributed by atoms with Gasteiger partial charge in [-0.2, -0.15) is 0 Å². The number of hydrogen-bond acceptors (Lipinski definition) is 4. The average Bonchev–Trinajstić information content (AvgIpc) is 3.17. The third-order valence-corrected chi connectivity index (χ3v) is 4.56. The summed E-state index contributed by atoms with van der Waals surface area (Å²) in [5.41, 5.74) is 1.21. The lowest BCUT2D eigenvalue weighted by Gasteiger charge is -2.15. The zero-order valence-electron chi connectivity index (χ0n) is 11.9. The van der Waals surface area contributed by atoms with Gasteiger partial charge >= 0.3 is 0 Å². The molecular weight excluding hydrogens is 282 g/mol. The number of carbonyl (C=O) groups is 1. The maximum absolute atomic E-state index is 12.0. The summed E-state index contributed by atoms with van der Waals surface area (Å²) in [4.78, 5) is 18.6. The minimum Gasteiger partial charge on any atom is -0.352 e. The van der Waals surface area contributed by atoms with Crippen molar-refractivity contribution in [3.05, 3.63) is 47.5 Å². The highest BCUT2D eigenvalue weighted by atomic mass is 32.1. The molecule has 5 heteroatoms. The van der Waals surface area contributed by atoms with Crippen molar-refractivity contribution in [1.82, 2.24) is 10.3 Å². The van der Waals surface area contributed by atoms with Crippen molar-refractivity contribution in [3.8, 4) is 0 Å². The van der Waals surface area contributed by atoms with Crippen LogP contribution in [-0.4, -0.2) is 30.0 Å². The third-order valence-electron chi connectivity index (χ3n) is 3.73. The fourth-order valence-corrected chi connectivity index (χ4v) is 3.31. The summed E-state index contributed by atoms with van der Waals surface area (Å²) in [6.45, 7) is 1.84. The molecule has 2 heterocycles. The van der Waals surface area contributed by atoms with Crippen LogP contribution in [0, 0.1) is 0 Å². The van der Waals surface area contributed by atoms with Crippen molar-refractivity contribution < 1.29 is 4.79 Å². The zero-order valence-corrected chi connectivity index (χ0v) is 12.7. The Labute approximate surface area is 128 Å². The highest BCUT2D eigenvalue weighted by Gasteiger charge is 2.25. The zero-order chi connectivity index (χ0) is 14.5. The van der Waals surface area contributed by atoms with Crippen molar-refractivity contribution in [2.45, 2.75) is 25.3 Å². The summed E-state index contributed by atoms with van der Waals surface area (Å²) in [5, 5.41) is 6.18. The standard InChI is InChI=1S/C16H19N3OS/c20-15(7-6-13-4-2-1-3-5-13)18-14-8-10-19(12-14)16-17-9-11-21-16/h1-5,9,11,14H,6-8,10,12H2,(H,18,20). The molecule has 1 aliphatic heterocycles. The minimum absolute atomic E-state index is 0.143. The van der Waals surface area contributed by atoms with E-state index < -0.39 is 0 Å². The highest BCUT2D eigenvalue weighted by Crippen LogP contribution is 2.22. The van der Waals surface area contributed by atoms with Gasteiger partial charge in [0.2, 0.25) is 5.91 Å². The first-order valence-electron chi connectivity index (χ1n) is 7.29. The lowest BCUT2D eigenvalue weighted by atomic mass is 10.1. The number of thiazole rings is 1. The predicted octanol–water partition coefficient (Wildman–Crippen LogP) is 2.47. The Kier molecular flexibility index (Phi) is 4.50. The van der Waals surface area contributed by atoms with Crippen LogP contribution < -0.4 is 10.2 Å². The molecule has 1 unspecified atom stereocenters. The van der Waals surface area contributed by atoms with Crippen LogP contribution in [0.2, 0.25) is 0 Å². The van der Waals surface area contributed by atoms with E-state index in [-0.39, 0.29) is 11.9 Å². The smallest absolute Gasteiger partial charge is 0.220 e. The maximum atomic E-state index is 12.0. The molecule has 3 rings (SSSR count). The van der Waals surface area contributed by atoms with Crippen LogP contribution in [0.25, 0.3) is 0 Å². The molecular formula is C16H19N3OS. The molecule has 1 saturated heterocycles. The van der Waals surface area contributed by atoms with Crippen LogP contribution in [0.1, 0.15) is 18.4 Å². The molecule has 0 saturated carbocycles. The number of amides is 1. The molecule has 2 aromatic rings. The quantitative estimate of drug-likeness (QED) is 0.923. The van der Waals surface area contributed by atoms with Crippen LogP contribution in [-0.2, 0) is 11.2 Å². The maximum Gasteiger partial charge on any atom is 0.220 e. The molecule has 1 aromatic carbocycles. The van der Waals surface area contributed by atoms with E-state index in [9.17, 15) is 4.79 Å². The van der Waals surface area contributed by atoms with Gasteiger partial charge < -0.3 is 10.2 Å². The number of anilines is 1. The molecule has 1 aliphatic rings. The van der Waals surface area contributed by atoms with Crippen molar-refractivity contribution in [3.63, 3.8) is 0 Å². The average molecular weight is 301 g/mol. The van der Waals surface area contributed by atoms with Gasteiger partial charge in [-0.05, 0) is 18.4 Å². The molecule has 4 nitrogen and oxygen atoms in total. The van der Waals surface area contributed by atoms with E-state index in [1.165, 1.54) is 5.56 Å². The third kappa shape index (κ3) is 3.82. The lowest BCUT2D eigenvalue weighted by molar-refractivity contribution is -0.121. The Hall–Kier alpha value is -1.88. The highest BCUT2D eigenvalue weighted by molar-refractivity contribution is 7.13. The number of aromatic nitrogens is 1. The number of nitrogens with zero attached hydrogens (tertiary/aromatic N) is 2. The molecule has 1 amide bonds. The van der Waals surface area contributed by atoms with Gasteiger partial charge in [0, 0.05) is 37.1 Å². The van der Waals surface area contributed by atoms with Gasteiger partial charge in [0.1, 0.15) is 0 Å². The number of benzene rings is 1. The van der Waals surface area contributed by atoms with Crippen molar-refractivity contribution in [2.75, 3.05) is 18.0 Å². The fourth-order valence-electron chi connectivity index (χ4n) is 2.63. The van der Waals surface area contributed by atoms with Crippen LogP contribution in [0.3, 0.4) is 0 Å². The Morgan fingerprint density at radius 3 is 3.00 bits per heavy atom. The molecule has 1 aromatic heterocycles. The monoisotopic (exact) mass is 301 g/mol. The van der Waals surface area contributed by atoms with Gasteiger partial charge in [-0.3, -0.25) is 4.79 Å². The first kappa shape index (κ1) is 14.1. The summed E-state index contributed by atoms with van der Waals surface area (Å²) < 4.78 is 0. The van der Waals surface area contributed by atoms with E-state index in [0.29, 0.717) is 6.42 Å². The van der Waals surface area contributed by atoms with Crippen molar-refractivity contribution in [2.24, 2.45) is 0 Å². The van der Waals surface area contributed by atoms with Gasteiger partial charge in [0.25, 0.3) is 0 Å². The molecule has 0 bridgehead atoms. The SMILES string of the molecule is O=C(CCc1ccccc1)NC1CCN(c2nccs2)C1. The summed E-state index contributed by atoms with van der Waals surface area (Å²) in [5.74, 6) is 0.143. The largest absolute Gasteiger partial charge is 0.352 e. The predicted molar refractivity (Wildman–Crippen MR) is 85.6 cm³/mol. The molecule has 1 atom stereocenters. The van der Waals surface area contributed by atoms with E-state index in [2.05, 4.69) is 27.3 Å². The minimum atomic E-state index is 0.143. The van der Waals surface area contributed by atoms with E-state index in [1.54, 1.807) is 11.3 Å². The Morgan fingerprint density at radius 2 is 2.24 bits per heavy atom. The Bertz CT molecular complexity index is 570. The van der Waals surface area contributed by atoms with Gasteiger partial charge in [-0.1, -0.05) is 30.3 Å². The lowest BCUT2D eigenvalue weighted by Crippen LogP contribution is -2.37. The summed E-state index contributed by atoms with van der Waals surface area (Å²) in [6.07, 6.45) is 4.18. The normalized spacial score (nSPS) is 17.9. The van der Waals surface area contributed by atoms with E-state index >= 15 is 0 Å². The first-order valence-corrected chi connectivity index (χ1v) is 8.17. The second-order valence-electron chi connectivity index (χ2n) is 5.30. The van der Waals surface area contributed by atoms with Crippen LogP contribution in [0.15, 0.2) is 41.9 Å². The van der Waals surface area contributed by atoms with Gasteiger partial charge in [0.05, 0.1) is 0 Å². The topological polar surface area (TPSA) is 45.2 Å². The van der Waals surface area contributed by atoms with Crippen molar-refractivity contribution in [1.29, 1.82) is 0 Å². The van der Waals surface area contributed by atoms with E-state index in [1.807, 2.05) is 29.8 Å². The van der Waals surface area contributed by atoms with Crippen LogP contribution in [0.4, 0.5) is 5.13 Å². The molecule has 0 radical (unpaired) electrons. The number of rotatable bonds is 5. The van der Waals surface area contributed by atoms with Gasteiger partial charge in [-0.15, -0.1) is 11.3 Å². The fraction of sp³-hybridized carbons (Fsp3) is 0.375.